The number of nitrogens with zero attached hydrogens (tertiary/aromatic N) is 11. The molecule has 0 aliphatic carbocycles. The van der Waals surface area contributed by atoms with Crippen LogP contribution in [0.4, 0.5) is 0 Å². The summed E-state index contributed by atoms with van der Waals surface area (Å²) >= 11 is 0. The van der Waals surface area contributed by atoms with Crippen LogP contribution in [0.2, 0.25) is 0 Å². The van der Waals surface area contributed by atoms with Gasteiger partial charge < -0.3 is 19.0 Å². The van der Waals surface area contributed by atoms with Crippen LogP contribution in [0.5, 0.6) is 0 Å². The summed E-state index contributed by atoms with van der Waals surface area (Å²) in [6, 6.07) is 0. The van der Waals surface area contributed by atoms with E-state index in [9.17, 15) is 0 Å². The monoisotopic (exact) mass is 346 g/mol. The number of hydrogen-bond acceptors (Lipinski definition) is 11. The first-order chi connectivity index (χ1) is 10.3. The summed E-state index contributed by atoms with van der Waals surface area (Å²) in [4.78, 5) is 1.40. The summed E-state index contributed by atoms with van der Waals surface area (Å²) in [5.41, 5.74) is 0. The Bertz CT molecular complexity index is 364. The quantitative estimate of drug-likeness (QED) is 0.390. The van der Waals surface area contributed by atoms with Crippen LogP contribution in [0.1, 0.15) is 13.3 Å². The molecule has 0 heterocycles. The van der Waals surface area contributed by atoms with Crippen molar-refractivity contribution < 1.29 is 18.6 Å². The van der Waals surface area contributed by atoms with Crippen molar-refractivity contribution >= 4 is 0 Å². The van der Waals surface area contributed by atoms with Gasteiger partial charge in [-0.05, 0) is 6.42 Å². The van der Waals surface area contributed by atoms with E-state index in [1.165, 1.54) is 4.90 Å². The van der Waals surface area contributed by atoms with Gasteiger partial charge in [0.2, 0.25) is 0 Å². The molecule has 22 heavy (non-hydrogen) atoms. The molecule has 0 rings (SSSR count). The maximum Gasteiger partial charge on any atom is 2.00 e. The molecule has 0 aromatic heterocycles. The summed E-state index contributed by atoms with van der Waals surface area (Å²) in [5.74, 6) is 0. The molecule has 0 atom stereocenters. The minimum atomic E-state index is 0. The minimum Gasteiger partial charge on any atom is -0.591 e. The fourth-order valence-corrected chi connectivity index (χ4v) is 0.776. The largest absolute Gasteiger partial charge is 2.00 e. The average molecular weight is 346 g/mol. The smallest absolute Gasteiger partial charge is 0.591 e. The van der Waals surface area contributed by atoms with Gasteiger partial charge >= 0.3 is 18.6 Å². The summed E-state index contributed by atoms with van der Waals surface area (Å²) < 4.78 is 0. The van der Waals surface area contributed by atoms with Gasteiger partial charge in [-0.3, -0.25) is 0 Å². The summed E-state index contributed by atoms with van der Waals surface area (Å²) in [5, 5.41) is 37.4. The van der Waals surface area contributed by atoms with E-state index in [2.05, 4.69) is 65.2 Å². The van der Waals surface area contributed by atoms with Gasteiger partial charge in [0.25, 0.3) is 0 Å². The first kappa shape index (κ1) is 22.8. The van der Waals surface area contributed by atoms with Crippen LogP contribution in [-0.2, 0) is 18.6 Å². The molecule has 0 amide bonds. The van der Waals surface area contributed by atoms with Crippen molar-refractivity contribution in [2.45, 2.75) is 13.3 Å². The van der Waals surface area contributed by atoms with Crippen LogP contribution < -0.4 is 0 Å². The Morgan fingerprint density at radius 3 is 1.36 bits per heavy atom. The molecule has 0 fully saturated rings. The third kappa shape index (κ3) is 20.9. The molecule has 1 radical (unpaired) electrons. The number of azo groups is 5. The molecule has 0 saturated carbocycles. The van der Waals surface area contributed by atoms with Gasteiger partial charge in [0.1, 0.15) is 0 Å². The molecule has 12 heteroatoms. The maximum atomic E-state index is 3.85. The molecular weight excluding hydrogens is 325 g/mol. The van der Waals surface area contributed by atoms with Crippen LogP contribution in [-0.4, -0.2) is 44.8 Å². The Morgan fingerprint density at radius 2 is 1.00 bits per heavy atom. The summed E-state index contributed by atoms with van der Waals surface area (Å²) in [7, 11) is 7.01. The molecular formula is C10H21N11V. The molecule has 0 saturated heterocycles. The zero-order valence-corrected chi connectivity index (χ0v) is 14.1. The Morgan fingerprint density at radius 1 is 0.636 bits per heavy atom. The molecule has 121 valence electrons. The maximum absolute atomic E-state index is 3.85. The molecule has 0 aliphatic rings. The van der Waals surface area contributed by atoms with Crippen molar-refractivity contribution in [3.63, 3.8) is 0 Å². The van der Waals surface area contributed by atoms with Gasteiger partial charge in [-0.15, -0.1) is 0 Å². The molecule has 0 spiro atoms. The van der Waals surface area contributed by atoms with Crippen LogP contribution >= 0.6 is 0 Å². The Hall–Kier alpha value is -1.46. The SMILES string of the molecule is [CH2-]N([CH2-])CN=NCN=NCN=NCN=NCN=NCCC.[V+2]. The zero-order chi connectivity index (χ0) is 15.6. The average Bonchev–Trinajstić information content (AvgIpc) is 2.46. The van der Waals surface area contributed by atoms with Gasteiger partial charge in [0.15, 0.2) is 26.7 Å². The van der Waals surface area contributed by atoms with E-state index in [4.69, 9.17) is 0 Å². The predicted octanol–water partition coefficient (Wildman–Crippen LogP) is 3.33. The van der Waals surface area contributed by atoms with Crippen molar-refractivity contribution in [3.05, 3.63) is 14.1 Å². The Kier molecular flexibility index (Phi) is 20.3. The van der Waals surface area contributed by atoms with E-state index in [1.807, 2.05) is 6.92 Å². The van der Waals surface area contributed by atoms with Crippen molar-refractivity contribution in [1.29, 1.82) is 0 Å². The topological polar surface area (TPSA) is 127 Å². The second kappa shape index (κ2) is 19.5. The molecule has 0 N–H and O–H groups in total. The first-order valence-electron chi connectivity index (χ1n) is 6.32. The Labute approximate surface area is 142 Å². The molecule has 0 aromatic rings. The van der Waals surface area contributed by atoms with Crippen LogP contribution in [0.25, 0.3) is 0 Å². The molecule has 11 nitrogen and oxygen atoms in total. The first-order valence-corrected chi connectivity index (χ1v) is 6.32. The summed E-state index contributed by atoms with van der Waals surface area (Å²) in [6.07, 6.45) is 0.967. The number of rotatable bonds is 12. The predicted molar refractivity (Wildman–Crippen MR) is 76.3 cm³/mol. The second-order valence-electron chi connectivity index (χ2n) is 3.52. The van der Waals surface area contributed by atoms with E-state index < -0.39 is 0 Å². The fourth-order valence-electron chi connectivity index (χ4n) is 0.776. The van der Waals surface area contributed by atoms with E-state index in [0.717, 1.165) is 6.42 Å². The van der Waals surface area contributed by atoms with E-state index in [-0.39, 0.29) is 45.2 Å². The molecule has 0 aliphatic heterocycles. The summed E-state index contributed by atoms with van der Waals surface area (Å²) in [6.45, 7) is 3.68. The van der Waals surface area contributed by atoms with Gasteiger partial charge in [0, 0.05) is 0 Å². The van der Waals surface area contributed by atoms with Crippen LogP contribution in [0, 0.1) is 14.1 Å². The third-order valence-electron chi connectivity index (χ3n) is 1.59. The minimum absolute atomic E-state index is 0. The van der Waals surface area contributed by atoms with Gasteiger partial charge in [0.05, 0.1) is 13.2 Å². The molecule has 0 bridgehead atoms. The van der Waals surface area contributed by atoms with E-state index in [0.29, 0.717) is 13.2 Å². The number of hydrogen-bond donors (Lipinski definition) is 0. The molecule has 0 aromatic carbocycles. The normalized spacial score (nSPS) is 12.7. The van der Waals surface area contributed by atoms with Crippen molar-refractivity contribution in [2.75, 3.05) is 39.9 Å². The van der Waals surface area contributed by atoms with E-state index >= 15 is 0 Å². The van der Waals surface area contributed by atoms with Crippen LogP contribution in [0.3, 0.4) is 0 Å². The zero-order valence-electron chi connectivity index (χ0n) is 12.7. The van der Waals surface area contributed by atoms with E-state index in [1.54, 1.807) is 0 Å². The third-order valence-corrected chi connectivity index (χ3v) is 1.59. The van der Waals surface area contributed by atoms with Crippen molar-refractivity contribution in [2.24, 2.45) is 51.1 Å². The van der Waals surface area contributed by atoms with Crippen molar-refractivity contribution in [3.8, 4) is 0 Å². The Balaban J connectivity index is 0. The van der Waals surface area contributed by atoms with Gasteiger partial charge in [-0.2, -0.15) is 51.1 Å². The molecule has 0 unspecified atom stereocenters. The standard InChI is InChI=1S/C10H21N11.V/c1-4-5-11-12-6-13-14-7-15-16-8-17-18-9-19-20-10-21(2)3;/h2-10H2,1H3;/q-2;+2. The van der Waals surface area contributed by atoms with Crippen LogP contribution in [0.15, 0.2) is 51.1 Å². The fraction of sp³-hybridized carbons (Fsp3) is 0.800. The second-order valence-corrected chi connectivity index (χ2v) is 3.52. The van der Waals surface area contributed by atoms with Gasteiger partial charge in [-0.25, -0.2) is 0 Å². The van der Waals surface area contributed by atoms with Gasteiger partial charge in [-0.1, -0.05) is 6.92 Å². The van der Waals surface area contributed by atoms with Crippen molar-refractivity contribution in [1.82, 2.24) is 4.90 Å².